The van der Waals surface area contributed by atoms with Crippen LogP contribution >= 0.6 is 0 Å². The molecule has 3 heteroatoms. The molecule has 14 heavy (non-hydrogen) atoms. The Morgan fingerprint density at radius 3 is 2.36 bits per heavy atom. The van der Waals surface area contributed by atoms with Gasteiger partial charge in [0.25, 0.3) is 0 Å². The van der Waals surface area contributed by atoms with Crippen LogP contribution in [0, 0.1) is 17.8 Å². The number of carbonyl (C=O) groups is 1. The van der Waals surface area contributed by atoms with Crippen molar-refractivity contribution in [1.29, 1.82) is 0 Å². The van der Waals surface area contributed by atoms with Gasteiger partial charge in [-0.25, -0.2) is 0 Å². The predicted molar refractivity (Wildman–Crippen MR) is 50.4 cm³/mol. The van der Waals surface area contributed by atoms with Crippen LogP contribution in [0.4, 0.5) is 0 Å². The van der Waals surface area contributed by atoms with Gasteiger partial charge < -0.3 is 5.11 Å². The molecule has 2 aliphatic rings. The maximum absolute atomic E-state index is 11.0. The maximum Gasteiger partial charge on any atom is 0.306 e. The average Bonchev–Trinajstić information content (AvgIpc) is 2.17. The van der Waals surface area contributed by atoms with E-state index >= 15 is 0 Å². The zero-order chi connectivity index (χ0) is 9.26. The molecule has 1 N–H and O–H groups in total. The van der Waals surface area contributed by atoms with Crippen LogP contribution in [-0.4, -0.2) is 11.1 Å². The molecule has 3 unspecified atom stereocenters. The maximum atomic E-state index is 11.0. The van der Waals surface area contributed by atoms with E-state index in [1.165, 1.54) is 32.1 Å². The van der Waals surface area contributed by atoms with Crippen molar-refractivity contribution in [3.63, 3.8) is 0 Å². The van der Waals surface area contributed by atoms with Gasteiger partial charge in [-0.1, -0.05) is 32.1 Å². The molecule has 0 heterocycles. The van der Waals surface area contributed by atoms with Gasteiger partial charge in [-0.3, -0.25) is 4.79 Å². The first-order valence-electron chi connectivity index (χ1n) is 5.52. The topological polar surface area (TPSA) is 37.3 Å². The van der Waals surface area contributed by atoms with Crippen molar-refractivity contribution in [2.75, 3.05) is 0 Å². The van der Waals surface area contributed by atoms with E-state index in [9.17, 15) is 4.79 Å². The quantitative estimate of drug-likeness (QED) is 0.757. The zero-order valence-electron chi connectivity index (χ0n) is 8.45. The number of carboxylic acid groups (broad SMARTS) is 1. The predicted octanol–water partition coefficient (Wildman–Crippen LogP) is 2.68. The molecule has 0 amide bonds. The molecule has 80 valence electrons. The van der Waals surface area contributed by atoms with Crippen molar-refractivity contribution in [3.8, 4) is 0 Å². The average molecular weight is 234 g/mol. The molecule has 0 saturated heterocycles. The third kappa shape index (κ3) is 2.32. The Bertz CT molecular complexity index is 203. The molecule has 3 atom stereocenters. The van der Waals surface area contributed by atoms with E-state index in [1.54, 1.807) is 0 Å². The third-order valence-corrected chi connectivity index (χ3v) is 3.89. The first-order valence-corrected chi connectivity index (χ1v) is 5.52. The summed E-state index contributed by atoms with van der Waals surface area (Å²) in [5, 5.41) is 9.08. The van der Waals surface area contributed by atoms with E-state index in [1.807, 2.05) is 0 Å². The van der Waals surface area contributed by atoms with E-state index in [-0.39, 0.29) is 23.3 Å². The Morgan fingerprint density at radius 2 is 1.64 bits per heavy atom. The summed E-state index contributed by atoms with van der Waals surface area (Å²) in [7, 11) is 0. The molecular formula is C11H18CrO2. The van der Waals surface area contributed by atoms with Gasteiger partial charge in [0.2, 0.25) is 0 Å². The summed E-state index contributed by atoms with van der Waals surface area (Å²) in [4.78, 5) is 11.0. The van der Waals surface area contributed by atoms with Gasteiger partial charge in [0.15, 0.2) is 0 Å². The molecule has 0 aromatic rings. The van der Waals surface area contributed by atoms with Crippen molar-refractivity contribution < 1.29 is 27.3 Å². The Morgan fingerprint density at radius 1 is 1.00 bits per heavy atom. The number of fused-ring (bicyclic) bond motifs is 1. The molecule has 2 rings (SSSR count). The summed E-state index contributed by atoms with van der Waals surface area (Å²) in [5.74, 6) is 0.694. The second kappa shape index (κ2) is 5.19. The van der Waals surface area contributed by atoms with E-state index in [4.69, 9.17) is 5.11 Å². The fourth-order valence-corrected chi connectivity index (χ4v) is 3.25. The minimum absolute atomic E-state index is 0. The van der Waals surface area contributed by atoms with Gasteiger partial charge in [0.05, 0.1) is 5.92 Å². The second-order valence-electron chi connectivity index (χ2n) is 4.58. The Balaban J connectivity index is 0.000000980. The molecule has 2 nitrogen and oxygen atoms in total. The summed E-state index contributed by atoms with van der Waals surface area (Å²) in [6, 6.07) is 0. The van der Waals surface area contributed by atoms with Crippen LogP contribution in [0.5, 0.6) is 0 Å². The number of carboxylic acids is 1. The van der Waals surface area contributed by atoms with Crippen LogP contribution in [0.1, 0.15) is 44.9 Å². The summed E-state index contributed by atoms with van der Waals surface area (Å²) >= 11 is 0. The summed E-state index contributed by atoms with van der Waals surface area (Å²) < 4.78 is 0. The van der Waals surface area contributed by atoms with E-state index in [2.05, 4.69) is 0 Å². The van der Waals surface area contributed by atoms with Gasteiger partial charge in [0.1, 0.15) is 0 Å². The van der Waals surface area contributed by atoms with Crippen molar-refractivity contribution in [1.82, 2.24) is 0 Å². The van der Waals surface area contributed by atoms with Gasteiger partial charge in [-0.15, -0.1) is 0 Å². The Hall–Kier alpha value is 0.00247. The van der Waals surface area contributed by atoms with Crippen LogP contribution in [-0.2, 0) is 22.2 Å². The number of aliphatic carboxylic acids is 1. The fraction of sp³-hybridized carbons (Fsp3) is 0.909. The molecular weight excluding hydrogens is 216 g/mol. The zero-order valence-corrected chi connectivity index (χ0v) is 9.72. The molecule has 2 saturated carbocycles. The first kappa shape index (κ1) is 12.1. The smallest absolute Gasteiger partial charge is 0.306 e. The first-order chi connectivity index (χ1) is 6.29. The molecule has 0 aromatic carbocycles. The van der Waals surface area contributed by atoms with Gasteiger partial charge in [-0.05, 0) is 24.7 Å². The Kier molecular flexibility index (Phi) is 4.47. The van der Waals surface area contributed by atoms with Crippen molar-refractivity contribution in [3.05, 3.63) is 0 Å². The van der Waals surface area contributed by atoms with Crippen molar-refractivity contribution in [2.45, 2.75) is 44.9 Å². The molecule has 2 aliphatic carbocycles. The van der Waals surface area contributed by atoms with Crippen LogP contribution < -0.4 is 0 Å². The van der Waals surface area contributed by atoms with Gasteiger partial charge in [0, 0.05) is 17.4 Å². The van der Waals surface area contributed by atoms with E-state index in [0.29, 0.717) is 5.92 Å². The molecule has 0 aromatic heterocycles. The largest absolute Gasteiger partial charge is 0.481 e. The van der Waals surface area contributed by atoms with Crippen molar-refractivity contribution >= 4 is 5.97 Å². The van der Waals surface area contributed by atoms with E-state index in [0.717, 1.165) is 18.8 Å². The van der Waals surface area contributed by atoms with Crippen LogP contribution in [0.15, 0.2) is 0 Å². The fourth-order valence-electron chi connectivity index (χ4n) is 3.25. The standard InChI is InChI=1S/C11H18O2.Cr/c12-11(13)10-7-3-5-8-4-1-2-6-9(8)10;/h8-10H,1-7H2,(H,12,13);. The molecule has 0 aliphatic heterocycles. The van der Waals surface area contributed by atoms with Crippen LogP contribution in [0.2, 0.25) is 0 Å². The summed E-state index contributed by atoms with van der Waals surface area (Å²) in [5.41, 5.74) is 0. The molecule has 2 fully saturated rings. The molecule has 0 radical (unpaired) electrons. The second-order valence-corrected chi connectivity index (χ2v) is 4.58. The SMILES string of the molecule is O=C(O)C1CCCC2CCCCC21.[Cr]. The van der Waals surface area contributed by atoms with Crippen LogP contribution in [0.3, 0.4) is 0 Å². The third-order valence-electron chi connectivity index (χ3n) is 3.89. The number of hydrogen-bond donors (Lipinski definition) is 1. The van der Waals surface area contributed by atoms with Crippen molar-refractivity contribution in [2.24, 2.45) is 17.8 Å². The monoisotopic (exact) mass is 234 g/mol. The number of rotatable bonds is 1. The summed E-state index contributed by atoms with van der Waals surface area (Å²) in [6.45, 7) is 0. The normalized spacial score (nSPS) is 36.7. The Labute approximate surface area is 96.2 Å². The van der Waals surface area contributed by atoms with Gasteiger partial charge in [-0.2, -0.15) is 0 Å². The molecule has 0 bridgehead atoms. The molecule has 0 spiro atoms. The minimum Gasteiger partial charge on any atom is -0.481 e. The van der Waals surface area contributed by atoms with Gasteiger partial charge >= 0.3 is 5.97 Å². The van der Waals surface area contributed by atoms with E-state index < -0.39 is 5.97 Å². The minimum atomic E-state index is -0.545. The van der Waals surface area contributed by atoms with Crippen LogP contribution in [0.25, 0.3) is 0 Å². The summed E-state index contributed by atoms with van der Waals surface area (Å²) in [6.07, 6.45) is 8.39. The number of hydrogen-bond acceptors (Lipinski definition) is 1.